The van der Waals surface area contributed by atoms with Gasteiger partial charge in [0.25, 0.3) is 0 Å². The van der Waals surface area contributed by atoms with Crippen LogP contribution in [0.25, 0.3) is 0 Å². The van der Waals surface area contributed by atoms with Crippen LogP contribution in [0.1, 0.15) is 39.5 Å². The summed E-state index contributed by atoms with van der Waals surface area (Å²) in [6.45, 7) is 8.44. The molecule has 1 saturated heterocycles. The van der Waals surface area contributed by atoms with Crippen molar-refractivity contribution in [3.05, 3.63) is 0 Å². The van der Waals surface area contributed by atoms with Crippen molar-refractivity contribution in [2.45, 2.75) is 52.1 Å². The van der Waals surface area contributed by atoms with Crippen LogP contribution in [-0.4, -0.2) is 46.0 Å². The van der Waals surface area contributed by atoms with Crippen LogP contribution < -0.4 is 0 Å². The van der Waals surface area contributed by atoms with Gasteiger partial charge >= 0.3 is 98.0 Å². The second-order valence-corrected chi connectivity index (χ2v) is 14.6. The molecule has 0 aromatic carbocycles. The molecule has 0 amide bonds. The molecule has 0 atom stereocenters. The fourth-order valence-electron chi connectivity index (χ4n) is 2.62. The molecule has 2 heteroatoms. The van der Waals surface area contributed by atoms with E-state index < -0.39 is 21.4 Å². The molecule has 0 aromatic heterocycles. The van der Waals surface area contributed by atoms with Gasteiger partial charge in [0, 0.05) is 0 Å². The SMILES string of the molecule is CCN(CC)CC[CH2][In]1[CH2]CCC[CH2]1. The molecule has 1 aliphatic rings. The summed E-state index contributed by atoms with van der Waals surface area (Å²) in [5.74, 6) is 0. The summed E-state index contributed by atoms with van der Waals surface area (Å²) in [4.78, 5) is 2.58. The van der Waals surface area contributed by atoms with Gasteiger partial charge in [-0.15, -0.1) is 0 Å². The monoisotopic (exact) mass is 299 g/mol. The Hall–Kier alpha value is 0.830. The summed E-state index contributed by atoms with van der Waals surface area (Å²) < 4.78 is 5.14. The molecule has 14 heavy (non-hydrogen) atoms. The van der Waals surface area contributed by atoms with Crippen molar-refractivity contribution in [2.75, 3.05) is 19.6 Å². The van der Waals surface area contributed by atoms with Crippen LogP contribution in [0.4, 0.5) is 0 Å². The van der Waals surface area contributed by atoms with E-state index >= 15 is 0 Å². The molecule has 1 fully saturated rings. The third-order valence-corrected chi connectivity index (χ3v) is 14.2. The van der Waals surface area contributed by atoms with Gasteiger partial charge < -0.3 is 0 Å². The fraction of sp³-hybridized carbons (Fsp3) is 1.00. The zero-order chi connectivity index (χ0) is 10.2. The molecule has 0 saturated carbocycles. The summed E-state index contributed by atoms with van der Waals surface area (Å²) in [6, 6.07) is 0. The van der Waals surface area contributed by atoms with Gasteiger partial charge in [-0.25, -0.2) is 0 Å². The van der Waals surface area contributed by atoms with Gasteiger partial charge in [0.1, 0.15) is 0 Å². The van der Waals surface area contributed by atoms with E-state index in [1.165, 1.54) is 26.1 Å². The van der Waals surface area contributed by atoms with Crippen molar-refractivity contribution in [2.24, 2.45) is 0 Å². The molecule has 0 unspecified atom stereocenters. The topological polar surface area (TPSA) is 3.24 Å². The fourth-order valence-corrected chi connectivity index (χ4v) is 12.2. The Bertz CT molecular complexity index is 128. The van der Waals surface area contributed by atoms with Gasteiger partial charge in [0.2, 0.25) is 0 Å². The van der Waals surface area contributed by atoms with Crippen molar-refractivity contribution in [1.29, 1.82) is 0 Å². The second kappa shape index (κ2) is 8.04. The average molecular weight is 299 g/mol. The Labute approximate surface area is 97.8 Å². The standard InChI is InChI=1S/C7H16N.C5H10.In/c1-4-7-8(5-2)6-3;1-3-5-4-2;/h1,4-7H2,2-3H3;1-5H2;. The molecule has 1 heterocycles. The molecular weight excluding hydrogens is 273 g/mol. The van der Waals surface area contributed by atoms with E-state index in [1.54, 1.807) is 31.8 Å². The van der Waals surface area contributed by atoms with E-state index in [-0.39, 0.29) is 0 Å². The maximum atomic E-state index is 2.58. The van der Waals surface area contributed by atoms with Gasteiger partial charge in [-0.05, 0) is 0 Å². The summed E-state index contributed by atoms with van der Waals surface area (Å²) in [6.07, 6.45) is 6.24. The van der Waals surface area contributed by atoms with E-state index in [9.17, 15) is 0 Å². The first-order valence-corrected chi connectivity index (χ1v) is 13.6. The predicted molar refractivity (Wildman–Crippen MR) is 66.4 cm³/mol. The molecule has 0 N–H and O–H groups in total. The van der Waals surface area contributed by atoms with Crippen LogP contribution in [0.2, 0.25) is 12.5 Å². The Kier molecular flexibility index (Phi) is 7.40. The number of hydrogen-bond acceptors (Lipinski definition) is 1. The summed E-state index contributed by atoms with van der Waals surface area (Å²) in [7, 11) is 0. The third-order valence-electron chi connectivity index (χ3n) is 3.71. The number of hydrogen-bond donors (Lipinski definition) is 0. The van der Waals surface area contributed by atoms with Crippen LogP contribution in [0, 0.1) is 0 Å². The Morgan fingerprint density at radius 2 is 1.64 bits per heavy atom. The minimum atomic E-state index is -0.901. The van der Waals surface area contributed by atoms with E-state index in [0.29, 0.717) is 0 Å². The zero-order valence-electron chi connectivity index (χ0n) is 10.1. The average Bonchev–Trinajstić information content (AvgIpc) is 2.26. The number of rotatable bonds is 6. The second-order valence-electron chi connectivity index (χ2n) is 4.67. The Morgan fingerprint density at radius 1 is 1.00 bits per heavy atom. The van der Waals surface area contributed by atoms with Crippen LogP contribution >= 0.6 is 0 Å². The van der Waals surface area contributed by atoms with Gasteiger partial charge in [-0.3, -0.25) is 0 Å². The Balaban J connectivity index is 2.01. The molecule has 82 valence electrons. The van der Waals surface area contributed by atoms with Crippen molar-refractivity contribution in [1.82, 2.24) is 4.90 Å². The molecule has 0 aromatic rings. The number of nitrogens with zero attached hydrogens (tertiary/aromatic N) is 1. The molecule has 0 radical (unpaired) electrons. The van der Waals surface area contributed by atoms with E-state index in [1.807, 2.05) is 0 Å². The normalized spacial score (nSPS) is 17.8. The van der Waals surface area contributed by atoms with Crippen LogP contribution in [0.15, 0.2) is 0 Å². The zero-order valence-corrected chi connectivity index (χ0v) is 13.4. The van der Waals surface area contributed by atoms with Crippen LogP contribution in [-0.2, 0) is 0 Å². The quantitative estimate of drug-likeness (QED) is 0.726. The van der Waals surface area contributed by atoms with E-state index in [0.717, 1.165) is 0 Å². The first kappa shape index (κ1) is 12.9. The van der Waals surface area contributed by atoms with Crippen molar-refractivity contribution in [3.63, 3.8) is 0 Å². The van der Waals surface area contributed by atoms with E-state index in [2.05, 4.69) is 18.7 Å². The first-order valence-electron chi connectivity index (χ1n) is 6.59. The van der Waals surface area contributed by atoms with Crippen molar-refractivity contribution >= 4 is 21.4 Å². The van der Waals surface area contributed by atoms with E-state index in [4.69, 9.17) is 0 Å². The van der Waals surface area contributed by atoms with Crippen molar-refractivity contribution < 1.29 is 0 Å². The third kappa shape index (κ3) is 5.06. The summed E-state index contributed by atoms with van der Waals surface area (Å²) >= 11 is -0.901. The van der Waals surface area contributed by atoms with Gasteiger partial charge in [-0.2, -0.15) is 0 Å². The predicted octanol–water partition coefficient (Wildman–Crippen LogP) is 3.40. The van der Waals surface area contributed by atoms with Gasteiger partial charge in [0.15, 0.2) is 0 Å². The molecule has 0 spiro atoms. The van der Waals surface area contributed by atoms with Gasteiger partial charge in [0.05, 0.1) is 0 Å². The maximum absolute atomic E-state index is 2.58. The molecule has 1 rings (SSSR count). The molecule has 0 aliphatic carbocycles. The molecule has 1 aliphatic heterocycles. The summed E-state index contributed by atoms with van der Waals surface area (Å²) in [5, 5.41) is 0. The first-order chi connectivity index (χ1) is 6.86. The van der Waals surface area contributed by atoms with Gasteiger partial charge in [-0.1, -0.05) is 0 Å². The molecule has 0 bridgehead atoms. The van der Waals surface area contributed by atoms with Crippen LogP contribution in [0.3, 0.4) is 0 Å². The molecular formula is C12H26InN. The minimum absolute atomic E-state index is 0.901. The Morgan fingerprint density at radius 3 is 2.21 bits per heavy atom. The molecule has 1 nitrogen and oxygen atoms in total. The summed E-state index contributed by atoms with van der Waals surface area (Å²) in [5.41, 5.74) is 0. The van der Waals surface area contributed by atoms with Crippen LogP contribution in [0.5, 0.6) is 0 Å². The van der Waals surface area contributed by atoms with Crippen molar-refractivity contribution in [3.8, 4) is 0 Å².